The molecule has 4 aliphatic rings. The molecule has 4 aromatic rings. The van der Waals surface area contributed by atoms with Crippen LogP contribution in [0.15, 0.2) is 76.6 Å². The number of hydrogen-bond donors (Lipinski definition) is 1. The Hall–Kier alpha value is -4.43. The fraction of sp³-hybridized carbons (Fsp3) is 0.324. The highest BCUT2D eigenvalue weighted by Gasteiger charge is 2.70. The van der Waals surface area contributed by atoms with Gasteiger partial charge in [-0.3, -0.25) is 29.4 Å². The third-order valence-corrected chi connectivity index (χ3v) is 12.8. The second-order valence-corrected chi connectivity index (χ2v) is 15.0. The number of nitrogens with one attached hydrogen (secondary N) is 1. The minimum atomic E-state index is -4.65. The van der Waals surface area contributed by atoms with Crippen LogP contribution < -0.4 is 14.5 Å². The van der Waals surface area contributed by atoms with Gasteiger partial charge in [0.15, 0.2) is 0 Å². The Morgan fingerprint density at radius 1 is 1.00 bits per heavy atom. The molecular formula is C34H26F3N3O6S2. The molecule has 14 heteroatoms. The number of imide groups is 1. The van der Waals surface area contributed by atoms with Crippen LogP contribution in [0.1, 0.15) is 39.5 Å². The molecule has 2 aliphatic heterocycles. The monoisotopic (exact) mass is 693 g/mol. The lowest BCUT2D eigenvalue weighted by Gasteiger charge is -2.43. The Morgan fingerprint density at radius 2 is 1.73 bits per heavy atom. The van der Waals surface area contributed by atoms with Gasteiger partial charge >= 0.3 is 11.0 Å². The number of amides is 2. The van der Waals surface area contributed by atoms with Crippen molar-refractivity contribution < 1.29 is 32.4 Å². The average molecular weight is 694 g/mol. The van der Waals surface area contributed by atoms with E-state index in [1.54, 1.807) is 6.07 Å². The summed E-state index contributed by atoms with van der Waals surface area (Å²) in [6.07, 6.45) is -4.11. The highest BCUT2D eigenvalue weighted by molar-refractivity contribution is 8.00. The molecule has 1 aromatic heterocycles. The van der Waals surface area contributed by atoms with Crippen molar-refractivity contribution in [2.45, 2.75) is 42.3 Å². The van der Waals surface area contributed by atoms with Crippen molar-refractivity contribution in [3.63, 3.8) is 0 Å². The van der Waals surface area contributed by atoms with Gasteiger partial charge in [-0.05, 0) is 60.9 Å². The topological polar surface area (TPSA) is 123 Å². The zero-order chi connectivity index (χ0) is 33.6. The van der Waals surface area contributed by atoms with Crippen molar-refractivity contribution in [1.29, 1.82) is 0 Å². The van der Waals surface area contributed by atoms with Crippen LogP contribution in [0.3, 0.4) is 0 Å². The second kappa shape index (κ2) is 11.1. The van der Waals surface area contributed by atoms with Crippen LogP contribution in [0.2, 0.25) is 0 Å². The number of anilines is 1. The van der Waals surface area contributed by atoms with Gasteiger partial charge in [0.1, 0.15) is 12.4 Å². The van der Waals surface area contributed by atoms with Crippen molar-refractivity contribution in [3.05, 3.63) is 114 Å². The highest BCUT2D eigenvalue weighted by atomic mass is 32.2. The summed E-state index contributed by atoms with van der Waals surface area (Å²) in [6.45, 7) is 2.16. The van der Waals surface area contributed by atoms with Crippen molar-refractivity contribution in [2.24, 2.45) is 29.6 Å². The Morgan fingerprint density at radius 3 is 2.44 bits per heavy atom. The molecule has 9 nitrogen and oxygen atoms in total. The summed E-state index contributed by atoms with van der Waals surface area (Å²) in [7, 11) is 0. The van der Waals surface area contributed by atoms with Gasteiger partial charge in [-0.1, -0.05) is 47.2 Å². The van der Waals surface area contributed by atoms with Crippen LogP contribution in [-0.4, -0.2) is 27.0 Å². The molecule has 3 fully saturated rings. The summed E-state index contributed by atoms with van der Waals surface area (Å²) in [4.78, 5) is 56.4. The number of non-ortho nitro benzene ring substituents is 1. The van der Waals surface area contributed by atoms with Crippen LogP contribution >= 0.6 is 23.1 Å². The molecule has 3 aromatic carbocycles. The Labute approximate surface area is 279 Å². The summed E-state index contributed by atoms with van der Waals surface area (Å²) in [5.74, 6) is -3.67. The first-order valence-electron chi connectivity index (χ1n) is 15.3. The van der Waals surface area contributed by atoms with Crippen molar-refractivity contribution in [1.82, 2.24) is 4.98 Å². The predicted octanol–water partition coefficient (Wildman–Crippen LogP) is 6.93. The molecule has 2 bridgehead atoms. The van der Waals surface area contributed by atoms with Gasteiger partial charge in [0.25, 0.3) is 5.69 Å². The Kier molecular flexibility index (Phi) is 7.11. The van der Waals surface area contributed by atoms with E-state index in [4.69, 9.17) is 4.74 Å². The summed E-state index contributed by atoms with van der Waals surface area (Å²) < 4.78 is 47.0. The molecular weight excluding hydrogens is 668 g/mol. The maximum absolute atomic E-state index is 14.1. The number of benzene rings is 3. The minimum Gasteiger partial charge on any atom is -0.489 e. The third-order valence-electron chi connectivity index (χ3n) is 10.2. The lowest BCUT2D eigenvalue weighted by atomic mass is 9.68. The normalized spacial score (nSPS) is 27.2. The maximum Gasteiger partial charge on any atom is 0.416 e. The van der Waals surface area contributed by atoms with Crippen molar-refractivity contribution in [2.75, 3.05) is 4.90 Å². The smallest absolute Gasteiger partial charge is 0.416 e. The van der Waals surface area contributed by atoms with Gasteiger partial charge in [-0.15, -0.1) is 11.8 Å². The number of nitrogens with zero attached hydrogens (tertiary/aromatic N) is 2. The van der Waals surface area contributed by atoms with Gasteiger partial charge < -0.3 is 9.72 Å². The number of aromatic amines is 1. The molecule has 246 valence electrons. The van der Waals surface area contributed by atoms with E-state index >= 15 is 0 Å². The molecule has 2 saturated carbocycles. The van der Waals surface area contributed by atoms with Gasteiger partial charge in [-0.2, -0.15) is 13.2 Å². The van der Waals surface area contributed by atoms with Crippen LogP contribution in [0.25, 0.3) is 0 Å². The fourth-order valence-electron chi connectivity index (χ4n) is 8.31. The number of thiazole rings is 1. The number of fused-ring (bicyclic) bond motifs is 9. The minimum absolute atomic E-state index is 0.116. The summed E-state index contributed by atoms with van der Waals surface area (Å²) in [5.41, 5.74) is 1.25. The van der Waals surface area contributed by atoms with E-state index in [2.05, 4.69) is 4.98 Å². The number of ether oxygens (including phenoxy) is 1. The predicted molar refractivity (Wildman–Crippen MR) is 171 cm³/mol. The SMILES string of the molecule is Cc1ccc(COc2ccc([N+](=O)[O-])cc2C2c3sc(=O)[nH]c3SC3C2[C@H]2C[C@@H]3C3C(=O)N(c4cccc(C(F)(F)F)c4)C(=O)C32)cc1. The van der Waals surface area contributed by atoms with E-state index in [0.717, 1.165) is 39.5 Å². The van der Waals surface area contributed by atoms with E-state index in [1.165, 1.54) is 36.0 Å². The number of hydrogen-bond acceptors (Lipinski definition) is 8. The number of nitro benzene ring substituents is 1. The molecule has 48 heavy (non-hydrogen) atoms. The van der Waals surface area contributed by atoms with E-state index < -0.39 is 46.2 Å². The van der Waals surface area contributed by atoms with Crippen LogP contribution in [-0.2, 0) is 22.4 Å². The first-order valence-corrected chi connectivity index (χ1v) is 17.0. The van der Waals surface area contributed by atoms with Gasteiger partial charge in [0.2, 0.25) is 11.8 Å². The molecule has 8 rings (SSSR count). The number of carbonyl (C=O) groups excluding carboxylic acids is 2. The van der Waals surface area contributed by atoms with E-state index in [1.807, 2.05) is 31.2 Å². The molecule has 7 atom stereocenters. The number of thioether (sulfide) groups is 1. The lowest BCUT2D eigenvalue weighted by Crippen LogP contribution is -2.42. The fourth-order valence-corrected chi connectivity index (χ4v) is 11.2. The van der Waals surface area contributed by atoms with Crippen LogP contribution in [0, 0.1) is 46.6 Å². The Bertz CT molecular complexity index is 2060. The lowest BCUT2D eigenvalue weighted by molar-refractivity contribution is -0.385. The quantitative estimate of drug-likeness (QED) is 0.132. The van der Waals surface area contributed by atoms with Crippen molar-refractivity contribution >= 4 is 46.3 Å². The molecule has 2 amide bonds. The number of rotatable bonds is 6. The maximum atomic E-state index is 14.1. The van der Waals surface area contributed by atoms with Crippen LogP contribution in [0.5, 0.6) is 5.75 Å². The first-order chi connectivity index (χ1) is 22.9. The number of aryl methyl sites for hydroxylation is 1. The zero-order valence-corrected chi connectivity index (χ0v) is 26.7. The summed E-state index contributed by atoms with van der Waals surface area (Å²) in [5, 5.41) is 12.4. The highest BCUT2D eigenvalue weighted by Crippen LogP contribution is 2.69. The zero-order valence-electron chi connectivity index (χ0n) is 25.1. The molecule has 3 heterocycles. The van der Waals surface area contributed by atoms with Gasteiger partial charge in [-0.25, -0.2) is 0 Å². The summed E-state index contributed by atoms with van der Waals surface area (Å²) >= 11 is 2.45. The average Bonchev–Trinajstić information content (AvgIpc) is 3.79. The number of nitro groups is 1. The molecule has 1 saturated heterocycles. The van der Waals surface area contributed by atoms with Crippen LogP contribution in [0.4, 0.5) is 24.5 Å². The van der Waals surface area contributed by atoms with E-state index in [-0.39, 0.29) is 45.9 Å². The second-order valence-electron chi connectivity index (χ2n) is 12.8. The first kappa shape index (κ1) is 30.9. The largest absolute Gasteiger partial charge is 0.489 e. The standard InChI is InChI=1S/C34H26F3N3O6S2/c1-15-5-7-16(8-6-15)14-46-23-10-9-19(40(44)45)12-20(23)24-25-21-13-22(28(25)47-30-29(24)48-33(43)38-30)27-26(21)31(41)39(32(27)42)18-4-2-3-17(11-18)34(35,36)37/h2-12,21-22,24-28H,13-14H2,1H3,(H,38,43)/t21-,22-,24?,25?,26?,27?,28?/m1/s1. The van der Waals surface area contributed by atoms with E-state index in [0.29, 0.717) is 27.6 Å². The van der Waals surface area contributed by atoms with Gasteiger partial charge in [0.05, 0.1) is 33.0 Å². The number of H-pyrrole nitrogens is 1. The number of aromatic nitrogens is 1. The number of halogens is 3. The third kappa shape index (κ3) is 4.79. The van der Waals surface area contributed by atoms with Crippen molar-refractivity contribution in [3.8, 4) is 5.75 Å². The van der Waals surface area contributed by atoms with E-state index in [9.17, 15) is 37.7 Å². The molecule has 2 aliphatic carbocycles. The Balaban J connectivity index is 1.21. The molecule has 5 unspecified atom stereocenters. The van der Waals surface area contributed by atoms with Gasteiger partial charge in [0, 0.05) is 33.7 Å². The number of carbonyl (C=O) groups is 2. The number of alkyl halides is 3. The molecule has 0 radical (unpaired) electrons. The summed E-state index contributed by atoms with van der Waals surface area (Å²) in [6, 6.07) is 16.4. The molecule has 0 spiro atoms. The molecule has 1 N–H and O–H groups in total.